The maximum Gasteiger partial charge on any atom is 1.00 e. The average Bonchev–Trinajstić information content (AvgIpc) is 1.60. The van der Waals surface area contributed by atoms with Gasteiger partial charge in [-0.25, -0.2) is 8.42 Å². The fraction of sp³-hybridized carbons (Fsp3) is 1.00. The quantitative estimate of drug-likeness (QED) is 0.290. The van der Waals surface area contributed by atoms with Crippen LogP contribution >= 0.6 is 23.2 Å². The zero-order valence-electron chi connectivity index (χ0n) is 5.03. The normalized spacial score (nSPS) is 10.8. The van der Waals surface area contributed by atoms with Gasteiger partial charge in [-0.15, -0.1) is 23.2 Å². The molecule has 0 saturated carbocycles. The van der Waals surface area contributed by atoms with E-state index in [9.17, 15) is 13.2 Å². The molecule has 12 heavy (non-hydrogen) atoms. The molecular formula is C2H2AgCl2F3O3S. The zero-order valence-corrected chi connectivity index (χ0v) is 8.84. The molecule has 0 radical (unpaired) electrons. The van der Waals surface area contributed by atoms with Crippen LogP contribution in [0.3, 0.4) is 0 Å². The van der Waals surface area contributed by atoms with E-state index in [2.05, 4.69) is 0 Å². The summed E-state index contributed by atoms with van der Waals surface area (Å²) in [5, 5.41) is 0.194. The summed E-state index contributed by atoms with van der Waals surface area (Å²) in [5.74, 6) is 0. The molecule has 0 fully saturated rings. The molecule has 0 spiro atoms. The van der Waals surface area contributed by atoms with E-state index in [4.69, 9.17) is 36.2 Å². The van der Waals surface area contributed by atoms with Crippen LogP contribution in [0.1, 0.15) is 0 Å². The molecule has 3 nitrogen and oxygen atoms in total. The Kier molecular flexibility index (Phi) is 11.6. The van der Waals surface area contributed by atoms with E-state index >= 15 is 0 Å². The van der Waals surface area contributed by atoms with Crippen molar-refractivity contribution in [3.63, 3.8) is 0 Å². The van der Waals surface area contributed by atoms with Gasteiger partial charge in [0.15, 0.2) is 10.1 Å². The molecule has 0 heterocycles. The molecule has 0 amide bonds. The molecule has 80 valence electrons. The second kappa shape index (κ2) is 7.43. The molecule has 0 aliphatic heterocycles. The minimum Gasteiger partial charge on any atom is -0.741 e. The Labute approximate surface area is 92.5 Å². The van der Waals surface area contributed by atoms with Crippen LogP contribution in [0, 0.1) is 0 Å². The minimum atomic E-state index is -6.09. The summed E-state index contributed by atoms with van der Waals surface area (Å²) in [4.78, 5) is 0. The molecule has 0 N–H and O–H groups in total. The summed E-state index contributed by atoms with van der Waals surface area (Å²) in [6.45, 7) is 0. The summed E-state index contributed by atoms with van der Waals surface area (Å²) in [7, 11) is -6.09. The molecule has 10 heteroatoms. The fourth-order valence-electron chi connectivity index (χ4n) is 0. The number of rotatable bonds is 0. The van der Waals surface area contributed by atoms with Gasteiger partial charge >= 0.3 is 27.9 Å². The fourth-order valence-corrected chi connectivity index (χ4v) is 0. The van der Waals surface area contributed by atoms with Crippen molar-refractivity contribution in [3.05, 3.63) is 0 Å². The van der Waals surface area contributed by atoms with Crippen LogP contribution in [0.25, 0.3) is 0 Å². The Morgan fingerprint density at radius 2 is 1.33 bits per heavy atom. The molecule has 0 rings (SSSR count). The van der Waals surface area contributed by atoms with E-state index < -0.39 is 15.6 Å². The van der Waals surface area contributed by atoms with Crippen molar-refractivity contribution in [2.24, 2.45) is 0 Å². The molecule has 0 saturated heterocycles. The van der Waals surface area contributed by atoms with Crippen LogP contribution in [0.4, 0.5) is 13.2 Å². The van der Waals surface area contributed by atoms with Crippen LogP contribution in [0.2, 0.25) is 0 Å². The van der Waals surface area contributed by atoms with Gasteiger partial charge in [0.1, 0.15) is 0 Å². The Balaban J connectivity index is -0.000000177. The molecule has 0 atom stereocenters. The number of hydrogen-bond donors (Lipinski definition) is 0. The van der Waals surface area contributed by atoms with E-state index in [1.807, 2.05) is 0 Å². The van der Waals surface area contributed by atoms with Gasteiger partial charge in [-0.1, -0.05) is 0 Å². The number of alkyl halides is 5. The van der Waals surface area contributed by atoms with Gasteiger partial charge in [0, 0.05) is 0 Å². The van der Waals surface area contributed by atoms with Crippen molar-refractivity contribution in [3.8, 4) is 0 Å². The van der Waals surface area contributed by atoms with E-state index in [0.29, 0.717) is 0 Å². The third-order valence-electron chi connectivity index (χ3n) is 0.283. The molecule has 0 unspecified atom stereocenters. The average molecular weight is 342 g/mol. The summed E-state index contributed by atoms with van der Waals surface area (Å²) in [5.41, 5.74) is -5.65. The van der Waals surface area contributed by atoms with Crippen LogP contribution in [-0.4, -0.2) is 23.8 Å². The largest absolute Gasteiger partial charge is 1.00 e. The SMILES string of the molecule is ClCCl.O=S(=O)([O-])C(F)(F)F.[Ag+]. The first kappa shape index (κ1) is 18.7. The molecule has 0 bridgehead atoms. The van der Waals surface area contributed by atoms with E-state index in [1.165, 1.54) is 0 Å². The van der Waals surface area contributed by atoms with Gasteiger partial charge < -0.3 is 4.55 Å². The number of halogens is 5. The van der Waals surface area contributed by atoms with Crippen LogP contribution in [-0.2, 0) is 32.5 Å². The van der Waals surface area contributed by atoms with Crippen LogP contribution < -0.4 is 0 Å². The van der Waals surface area contributed by atoms with Gasteiger partial charge in [0.05, 0.1) is 5.34 Å². The van der Waals surface area contributed by atoms with Crippen molar-refractivity contribution in [2.75, 3.05) is 5.34 Å². The van der Waals surface area contributed by atoms with Crippen LogP contribution in [0.5, 0.6) is 0 Å². The first-order valence-electron chi connectivity index (χ1n) is 1.81. The summed E-state index contributed by atoms with van der Waals surface area (Å²) in [6, 6.07) is 0. The summed E-state index contributed by atoms with van der Waals surface area (Å²) >= 11 is 9.53. The second-order valence-electron chi connectivity index (χ2n) is 1.00. The topological polar surface area (TPSA) is 57.2 Å². The smallest absolute Gasteiger partial charge is 0.741 e. The molecule has 0 aromatic rings. The van der Waals surface area contributed by atoms with Crippen molar-refractivity contribution < 1.29 is 48.5 Å². The minimum absolute atomic E-state index is 0. The van der Waals surface area contributed by atoms with Gasteiger partial charge in [-0.3, -0.25) is 0 Å². The molecular weight excluding hydrogens is 340 g/mol. The summed E-state index contributed by atoms with van der Waals surface area (Å²) < 4.78 is 58.9. The standard InChI is InChI=1S/CH2Cl2.CHF3O3S.Ag/c2-1-3;2-1(3,4)8(5,6)7;/h1H2;(H,5,6,7);/q;;+1/p-1. The van der Waals surface area contributed by atoms with Gasteiger partial charge in [-0.05, 0) is 0 Å². The number of hydrogen-bond acceptors (Lipinski definition) is 3. The molecule has 0 aromatic heterocycles. The third-order valence-corrected chi connectivity index (χ3v) is 0.850. The Bertz CT molecular complexity index is 190. The zero-order chi connectivity index (χ0) is 9.71. The predicted octanol–water partition coefficient (Wildman–Crippen LogP) is 1.47. The van der Waals surface area contributed by atoms with Crippen molar-refractivity contribution >= 4 is 33.3 Å². The van der Waals surface area contributed by atoms with Crippen LogP contribution in [0.15, 0.2) is 0 Å². The molecule has 0 aliphatic rings. The first-order valence-corrected chi connectivity index (χ1v) is 4.28. The molecule has 0 aromatic carbocycles. The van der Waals surface area contributed by atoms with E-state index in [0.717, 1.165) is 0 Å². The maximum absolute atomic E-state index is 10.7. The van der Waals surface area contributed by atoms with E-state index in [-0.39, 0.29) is 27.7 Å². The van der Waals surface area contributed by atoms with Gasteiger partial charge in [0.25, 0.3) is 0 Å². The Hall–Kier alpha value is 1.02. The molecule has 0 aliphatic carbocycles. The van der Waals surface area contributed by atoms with Gasteiger partial charge in [0.2, 0.25) is 0 Å². The van der Waals surface area contributed by atoms with Crippen molar-refractivity contribution in [1.29, 1.82) is 0 Å². The van der Waals surface area contributed by atoms with E-state index in [1.54, 1.807) is 0 Å². The first-order chi connectivity index (χ1) is 4.66. The Morgan fingerprint density at radius 1 is 1.25 bits per heavy atom. The maximum atomic E-state index is 10.7. The second-order valence-corrected chi connectivity index (χ2v) is 3.18. The van der Waals surface area contributed by atoms with Crippen molar-refractivity contribution in [1.82, 2.24) is 0 Å². The van der Waals surface area contributed by atoms with Crippen molar-refractivity contribution in [2.45, 2.75) is 5.51 Å². The Morgan fingerprint density at radius 3 is 1.33 bits per heavy atom. The predicted molar refractivity (Wildman–Crippen MR) is 32.3 cm³/mol. The summed E-state index contributed by atoms with van der Waals surface area (Å²) in [6.07, 6.45) is 0. The van der Waals surface area contributed by atoms with Gasteiger partial charge in [-0.2, -0.15) is 13.2 Å². The third kappa shape index (κ3) is 11.0. The monoisotopic (exact) mass is 340 g/mol.